The van der Waals surface area contributed by atoms with Crippen LogP contribution in [0.25, 0.3) is 0 Å². The van der Waals surface area contributed by atoms with Gasteiger partial charge in [-0.05, 0) is 26.7 Å². The molecule has 0 atom stereocenters. The molecule has 0 aliphatic carbocycles. The van der Waals surface area contributed by atoms with Crippen molar-refractivity contribution >= 4 is 16.2 Å². The minimum absolute atomic E-state index is 0.181. The number of hydrogen-bond acceptors (Lipinski definition) is 2. The van der Waals surface area contributed by atoms with Crippen LogP contribution in [0.2, 0.25) is 0 Å². The first-order valence-corrected chi connectivity index (χ1v) is 5.30. The molecule has 0 N–H and O–H groups in total. The van der Waals surface area contributed by atoms with Crippen LogP contribution in [0.15, 0.2) is 10.8 Å². The smallest absolute Gasteiger partial charge is 0.302 e. The molecule has 0 spiro atoms. The zero-order valence-corrected chi connectivity index (χ0v) is 10.4. The topological polar surface area (TPSA) is 26.3 Å². The van der Waals surface area contributed by atoms with Crippen molar-refractivity contribution in [3.05, 3.63) is 10.8 Å². The van der Waals surface area contributed by atoms with Gasteiger partial charge >= 0.3 is 5.97 Å². The highest BCUT2D eigenvalue weighted by molar-refractivity contribution is 6.21. The number of rotatable bonds is 4. The summed E-state index contributed by atoms with van der Waals surface area (Å²) in [4.78, 5) is 10.4. The van der Waals surface area contributed by atoms with Crippen LogP contribution in [0.1, 0.15) is 33.6 Å². The summed E-state index contributed by atoms with van der Waals surface area (Å²) >= 11 is 0. The Hall–Kier alpha value is -0.573. The predicted molar refractivity (Wildman–Crippen MR) is 54.2 cm³/mol. The van der Waals surface area contributed by atoms with Crippen LogP contribution in [-0.4, -0.2) is 22.8 Å². The first-order valence-electron chi connectivity index (χ1n) is 4.30. The Bertz CT molecular complexity index is 181. The van der Waals surface area contributed by atoms with E-state index in [0.717, 1.165) is 23.1 Å². The van der Waals surface area contributed by atoms with E-state index in [1.165, 1.54) is 17.7 Å². The highest BCUT2D eigenvalue weighted by Crippen LogP contribution is 2.07. The normalized spacial score (nSPS) is 12.6. The lowest BCUT2D eigenvalue weighted by atomic mass is 10.1. The van der Waals surface area contributed by atoms with Gasteiger partial charge in [0, 0.05) is 17.2 Å². The van der Waals surface area contributed by atoms with Crippen molar-refractivity contribution in [2.75, 3.05) is 6.61 Å². The van der Waals surface area contributed by atoms with Crippen LogP contribution in [0.4, 0.5) is 0 Å². The molecule has 3 heteroatoms. The van der Waals surface area contributed by atoms with Gasteiger partial charge in [-0.1, -0.05) is 10.8 Å². The number of carbonyl (C=O) groups excluding carboxylic acids is 1. The Morgan fingerprint density at radius 3 is 2.33 bits per heavy atom. The van der Waals surface area contributed by atoms with Crippen LogP contribution < -0.4 is 0 Å². The van der Waals surface area contributed by atoms with Crippen molar-refractivity contribution < 1.29 is 9.53 Å². The van der Waals surface area contributed by atoms with Crippen LogP contribution in [-0.2, 0) is 9.53 Å². The number of carbonyl (C=O) groups is 1. The SMILES string of the molecule is CC(=O)OCCCC(C)=C(C)[SiH3]. The number of allylic oxidation sites excluding steroid dienone is 2. The van der Waals surface area contributed by atoms with E-state index in [2.05, 4.69) is 13.8 Å². The van der Waals surface area contributed by atoms with E-state index < -0.39 is 0 Å². The highest BCUT2D eigenvalue weighted by Gasteiger charge is 1.95. The molecule has 0 amide bonds. The number of esters is 1. The third kappa shape index (κ3) is 6.16. The van der Waals surface area contributed by atoms with Gasteiger partial charge in [-0.25, -0.2) is 0 Å². The summed E-state index contributed by atoms with van der Waals surface area (Å²) in [6.07, 6.45) is 2.01. The minimum Gasteiger partial charge on any atom is -0.466 e. The van der Waals surface area contributed by atoms with Crippen molar-refractivity contribution in [3.8, 4) is 0 Å². The molecule has 0 heterocycles. The van der Waals surface area contributed by atoms with Crippen molar-refractivity contribution in [3.63, 3.8) is 0 Å². The van der Waals surface area contributed by atoms with Gasteiger partial charge in [0.25, 0.3) is 0 Å². The maximum absolute atomic E-state index is 10.4. The molecular formula is C9H18O2Si. The van der Waals surface area contributed by atoms with Crippen molar-refractivity contribution in [1.29, 1.82) is 0 Å². The van der Waals surface area contributed by atoms with E-state index in [1.807, 2.05) is 0 Å². The third-order valence-electron chi connectivity index (χ3n) is 1.85. The summed E-state index contributed by atoms with van der Waals surface area (Å²) in [6.45, 7) is 6.31. The number of hydrogen-bond donors (Lipinski definition) is 0. The predicted octanol–water partition coefficient (Wildman–Crippen LogP) is 0.989. The molecule has 0 aliphatic rings. The molecule has 0 aliphatic heterocycles. The lowest BCUT2D eigenvalue weighted by Crippen LogP contribution is -2.00. The van der Waals surface area contributed by atoms with E-state index in [4.69, 9.17) is 4.74 Å². The van der Waals surface area contributed by atoms with Gasteiger partial charge < -0.3 is 4.74 Å². The van der Waals surface area contributed by atoms with Crippen molar-refractivity contribution in [2.45, 2.75) is 33.6 Å². The van der Waals surface area contributed by atoms with Gasteiger partial charge in [0.15, 0.2) is 0 Å². The van der Waals surface area contributed by atoms with Crippen molar-refractivity contribution in [1.82, 2.24) is 0 Å². The molecule has 0 unspecified atom stereocenters. The molecule has 2 nitrogen and oxygen atoms in total. The Kier molecular flexibility index (Phi) is 5.71. The van der Waals surface area contributed by atoms with Crippen LogP contribution in [0.5, 0.6) is 0 Å². The lowest BCUT2D eigenvalue weighted by Gasteiger charge is -2.03. The molecule has 70 valence electrons. The van der Waals surface area contributed by atoms with Crippen LogP contribution >= 0.6 is 0 Å². The second-order valence-electron chi connectivity index (χ2n) is 3.22. The second kappa shape index (κ2) is 6.00. The Labute approximate surface area is 77.4 Å². The maximum Gasteiger partial charge on any atom is 0.302 e. The number of ether oxygens (including phenoxy) is 1. The summed E-state index contributed by atoms with van der Waals surface area (Å²) in [6, 6.07) is 0. The summed E-state index contributed by atoms with van der Waals surface area (Å²) in [5.74, 6) is -0.181. The van der Waals surface area contributed by atoms with Gasteiger partial charge in [0.1, 0.15) is 0 Å². The fraction of sp³-hybridized carbons (Fsp3) is 0.667. The average Bonchev–Trinajstić information content (AvgIpc) is 1.97. The fourth-order valence-electron chi connectivity index (χ4n) is 0.803. The summed E-state index contributed by atoms with van der Waals surface area (Å²) in [5, 5.41) is 1.50. The van der Waals surface area contributed by atoms with Gasteiger partial charge in [-0.2, -0.15) is 0 Å². The quantitative estimate of drug-likeness (QED) is 0.372. The molecule has 0 fully saturated rings. The molecule has 0 saturated heterocycles. The Morgan fingerprint density at radius 1 is 1.33 bits per heavy atom. The summed E-state index contributed by atoms with van der Waals surface area (Å²) < 4.78 is 4.82. The zero-order valence-electron chi connectivity index (χ0n) is 8.44. The second-order valence-corrected chi connectivity index (χ2v) is 4.72. The minimum atomic E-state index is -0.181. The van der Waals surface area contributed by atoms with Gasteiger partial charge in [-0.3, -0.25) is 4.79 Å². The standard InChI is InChI=1S/C9H18O2Si/c1-7(8(2)12)5-4-6-11-9(3)10/h4-6H2,1-3,12H3. The first-order chi connectivity index (χ1) is 5.54. The molecule has 0 aromatic rings. The highest BCUT2D eigenvalue weighted by atomic mass is 28.1. The lowest BCUT2D eigenvalue weighted by molar-refractivity contribution is -0.141. The van der Waals surface area contributed by atoms with E-state index in [-0.39, 0.29) is 5.97 Å². The van der Waals surface area contributed by atoms with E-state index in [9.17, 15) is 4.79 Å². The largest absolute Gasteiger partial charge is 0.466 e. The summed E-state index contributed by atoms with van der Waals surface area (Å²) in [5.41, 5.74) is 1.45. The molecule has 12 heavy (non-hydrogen) atoms. The van der Waals surface area contributed by atoms with Gasteiger partial charge in [-0.15, -0.1) is 0 Å². The van der Waals surface area contributed by atoms with Gasteiger partial charge in [0.05, 0.1) is 6.61 Å². The van der Waals surface area contributed by atoms with E-state index >= 15 is 0 Å². The first kappa shape index (κ1) is 11.4. The third-order valence-corrected chi connectivity index (χ3v) is 2.71. The van der Waals surface area contributed by atoms with E-state index in [0.29, 0.717) is 6.61 Å². The monoisotopic (exact) mass is 186 g/mol. The van der Waals surface area contributed by atoms with Gasteiger partial charge in [0.2, 0.25) is 0 Å². The molecular weight excluding hydrogens is 168 g/mol. The molecule has 0 saturated carbocycles. The van der Waals surface area contributed by atoms with Crippen LogP contribution in [0.3, 0.4) is 0 Å². The molecule has 0 aromatic heterocycles. The molecule has 0 bridgehead atoms. The fourth-order valence-corrected chi connectivity index (χ4v) is 1.05. The Morgan fingerprint density at radius 2 is 1.92 bits per heavy atom. The maximum atomic E-state index is 10.4. The zero-order chi connectivity index (χ0) is 9.56. The Balaban J connectivity index is 3.45. The molecule has 0 rings (SSSR count). The molecule has 0 aromatic carbocycles. The average molecular weight is 186 g/mol. The van der Waals surface area contributed by atoms with Crippen LogP contribution in [0, 0.1) is 0 Å². The molecule has 0 radical (unpaired) electrons. The van der Waals surface area contributed by atoms with E-state index in [1.54, 1.807) is 0 Å². The van der Waals surface area contributed by atoms with Crippen molar-refractivity contribution in [2.24, 2.45) is 0 Å². The summed E-state index contributed by atoms with van der Waals surface area (Å²) in [7, 11) is 1.14.